The Bertz CT molecular complexity index is 351. The Morgan fingerprint density at radius 1 is 1.62 bits per heavy atom. The Hall–Kier alpha value is -0.940. The molecule has 0 amide bonds. The lowest BCUT2D eigenvalue weighted by Crippen LogP contribution is -2.17. The summed E-state index contributed by atoms with van der Waals surface area (Å²) >= 11 is 4.82. The summed E-state index contributed by atoms with van der Waals surface area (Å²) in [5.41, 5.74) is 6.27. The molecular formula is C8H13N3OS. The molecule has 0 aromatic carbocycles. The van der Waals surface area contributed by atoms with Crippen molar-refractivity contribution < 1.29 is 0 Å². The zero-order valence-electron chi connectivity index (χ0n) is 7.46. The van der Waals surface area contributed by atoms with Crippen LogP contribution in [0.15, 0.2) is 10.9 Å². The highest BCUT2D eigenvalue weighted by molar-refractivity contribution is 7.71. The van der Waals surface area contributed by atoms with Crippen LogP contribution in [-0.2, 0) is 6.42 Å². The van der Waals surface area contributed by atoms with Gasteiger partial charge in [0.1, 0.15) is 0 Å². The largest absolute Gasteiger partial charge is 0.336 e. The van der Waals surface area contributed by atoms with Gasteiger partial charge in [-0.25, -0.2) is 0 Å². The quantitative estimate of drug-likeness (QED) is 0.628. The van der Waals surface area contributed by atoms with Gasteiger partial charge in [-0.1, -0.05) is 0 Å². The molecular weight excluding hydrogens is 186 g/mol. The Morgan fingerprint density at radius 3 is 2.85 bits per heavy atom. The average molecular weight is 199 g/mol. The molecule has 0 radical (unpaired) electrons. The zero-order chi connectivity index (χ0) is 9.84. The number of nitrogens with two attached hydrogens (primary N) is 1. The molecule has 1 aromatic rings. The van der Waals surface area contributed by atoms with Gasteiger partial charge in [-0.15, -0.1) is 0 Å². The van der Waals surface area contributed by atoms with Crippen molar-refractivity contribution in [1.82, 2.24) is 9.97 Å². The predicted octanol–water partition coefficient (Wildman–Crippen LogP) is 0.712. The third kappa shape index (κ3) is 3.52. The first-order chi connectivity index (χ1) is 6.08. The molecule has 0 aliphatic carbocycles. The molecule has 72 valence electrons. The highest BCUT2D eigenvalue weighted by Gasteiger charge is 1.98. The van der Waals surface area contributed by atoms with E-state index in [4.69, 9.17) is 18.0 Å². The average Bonchev–Trinajstić information content (AvgIpc) is 1.99. The smallest absolute Gasteiger partial charge is 0.251 e. The molecule has 1 aromatic heterocycles. The van der Waals surface area contributed by atoms with Gasteiger partial charge >= 0.3 is 0 Å². The van der Waals surface area contributed by atoms with Crippen molar-refractivity contribution in [3.8, 4) is 0 Å². The molecule has 0 spiro atoms. The number of rotatable bonds is 3. The van der Waals surface area contributed by atoms with Crippen LogP contribution in [0.2, 0.25) is 0 Å². The Labute approximate surface area is 81.2 Å². The minimum atomic E-state index is -0.163. The minimum absolute atomic E-state index is 0.140. The van der Waals surface area contributed by atoms with Gasteiger partial charge in [0.2, 0.25) is 0 Å². The van der Waals surface area contributed by atoms with Crippen LogP contribution in [-0.4, -0.2) is 16.0 Å². The molecule has 13 heavy (non-hydrogen) atoms. The van der Waals surface area contributed by atoms with E-state index in [1.165, 1.54) is 6.07 Å². The van der Waals surface area contributed by atoms with Crippen LogP contribution in [0.25, 0.3) is 0 Å². The standard InChI is InChI=1S/C8H13N3OS/c1-5(9)2-3-6-4-7(12)11-8(13)10-6/h4-5H,2-3,9H2,1H3,(H2,10,11,12,13). The van der Waals surface area contributed by atoms with Crippen LogP contribution in [0.3, 0.4) is 0 Å². The fourth-order valence-corrected chi connectivity index (χ4v) is 1.27. The molecule has 1 rings (SSSR count). The second kappa shape index (κ2) is 4.34. The Kier molecular flexibility index (Phi) is 3.39. The van der Waals surface area contributed by atoms with E-state index in [9.17, 15) is 4.79 Å². The maximum absolute atomic E-state index is 11.0. The molecule has 4 nitrogen and oxygen atoms in total. The summed E-state index contributed by atoms with van der Waals surface area (Å²) in [5.74, 6) is 0. The van der Waals surface area contributed by atoms with E-state index in [1.54, 1.807) is 0 Å². The van der Waals surface area contributed by atoms with E-state index in [0.29, 0.717) is 4.77 Å². The van der Waals surface area contributed by atoms with Gasteiger partial charge in [0.15, 0.2) is 4.77 Å². The second-order valence-corrected chi connectivity index (χ2v) is 3.54. The summed E-state index contributed by atoms with van der Waals surface area (Å²) < 4.78 is 0.368. The van der Waals surface area contributed by atoms with E-state index in [-0.39, 0.29) is 11.6 Å². The van der Waals surface area contributed by atoms with Crippen LogP contribution < -0.4 is 11.3 Å². The SMILES string of the molecule is CC(N)CCc1cc(=O)[nH]c(=S)[nH]1. The summed E-state index contributed by atoms with van der Waals surface area (Å²) in [6.45, 7) is 1.93. The summed E-state index contributed by atoms with van der Waals surface area (Å²) in [5, 5.41) is 0. The van der Waals surface area contributed by atoms with Crippen LogP contribution in [0.5, 0.6) is 0 Å². The predicted molar refractivity (Wildman–Crippen MR) is 54.2 cm³/mol. The van der Waals surface area contributed by atoms with Crippen molar-refractivity contribution in [3.05, 3.63) is 26.9 Å². The summed E-state index contributed by atoms with van der Waals surface area (Å²) in [4.78, 5) is 16.4. The zero-order valence-corrected chi connectivity index (χ0v) is 8.28. The third-order valence-corrected chi connectivity index (χ3v) is 1.89. The van der Waals surface area contributed by atoms with Crippen LogP contribution in [0.4, 0.5) is 0 Å². The lowest BCUT2D eigenvalue weighted by molar-refractivity contribution is 0.656. The number of hydrogen-bond acceptors (Lipinski definition) is 3. The van der Waals surface area contributed by atoms with Gasteiger partial charge in [-0.3, -0.25) is 9.78 Å². The first-order valence-electron chi connectivity index (χ1n) is 4.16. The van der Waals surface area contributed by atoms with Gasteiger partial charge in [0, 0.05) is 17.8 Å². The normalized spacial score (nSPS) is 12.8. The van der Waals surface area contributed by atoms with Crippen LogP contribution >= 0.6 is 12.2 Å². The van der Waals surface area contributed by atoms with E-state index < -0.39 is 0 Å². The van der Waals surface area contributed by atoms with Gasteiger partial charge in [0.25, 0.3) is 5.56 Å². The van der Waals surface area contributed by atoms with Crippen molar-refractivity contribution in [2.24, 2.45) is 5.73 Å². The number of aryl methyl sites for hydroxylation is 1. The monoisotopic (exact) mass is 199 g/mol. The maximum Gasteiger partial charge on any atom is 0.251 e. The minimum Gasteiger partial charge on any atom is -0.336 e. The van der Waals surface area contributed by atoms with E-state index in [2.05, 4.69) is 9.97 Å². The lowest BCUT2D eigenvalue weighted by Gasteiger charge is -2.03. The van der Waals surface area contributed by atoms with Crippen LogP contribution in [0, 0.1) is 4.77 Å². The topological polar surface area (TPSA) is 74.7 Å². The van der Waals surface area contributed by atoms with Crippen molar-refractivity contribution in [1.29, 1.82) is 0 Å². The van der Waals surface area contributed by atoms with Gasteiger partial charge in [-0.2, -0.15) is 0 Å². The second-order valence-electron chi connectivity index (χ2n) is 3.13. The molecule has 0 aliphatic rings. The van der Waals surface area contributed by atoms with Gasteiger partial charge in [0.05, 0.1) is 0 Å². The molecule has 1 heterocycles. The summed E-state index contributed by atoms with van der Waals surface area (Å²) in [7, 11) is 0. The van der Waals surface area contributed by atoms with E-state index >= 15 is 0 Å². The molecule has 0 bridgehead atoms. The molecule has 0 aliphatic heterocycles. The molecule has 1 unspecified atom stereocenters. The summed E-state index contributed by atoms with van der Waals surface area (Å²) in [6.07, 6.45) is 1.60. The highest BCUT2D eigenvalue weighted by Crippen LogP contribution is 1.97. The fourth-order valence-electron chi connectivity index (χ4n) is 1.04. The number of H-pyrrole nitrogens is 2. The molecule has 0 saturated heterocycles. The first kappa shape index (κ1) is 10.1. The highest BCUT2D eigenvalue weighted by atomic mass is 32.1. The molecule has 4 N–H and O–H groups in total. The first-order valence-corrected chi connectivity index (χ1v) is 4.57. The van der Waals surface area contributed by atoms with Gasteiger partial charge in [-0.05, 0) is 32.0 Å². The molecule has 5 heteroatoms. The maximum atomic E-state index is 11.0. The molecule has 1 atom stereocenters. The van der Waals surface area contributed by atoms with Crippen molar-refractivity contribution >= 4 is 12.2 Å². The Balaban J connectivity index is 2.78. The van der Waals surface area contributed by atoms with E-state index in [1.807, 2.05) is 6.92 Å². The fraction of sp³-hybridized carbons (Fsp3) is 0.500. The third-order valence-electron chi connectivity index (χ3n) is 1.69. The number of aromatic nitrogens is 2. The van der Waals surface area contributed by atoms with Crippen molar-refractivity contribution in [2.75, 3.05) is 0 Å². The Morgan fingerprint density at radius 2 is 2.31 bits per heavy atom. The van der Waals surface area contributed by atoms with Crippen molar-refractivity contribution in [3.63, 3.8) is 0 Å². The number of nitrogens with one attached hydrogen (secondary N) is 2. The lowest BCUT2D eigenvalue weighted by atomic mass is 10.1. The number of hydrogen-bond donors (Lipinski definition) is 3. The number of aromatic amines is 2. The molecule has 0 saturated carbocycles. The van der Waals surface area contributed by atoms with Gasteiger partial charge < -0.3 is 10.7 Å². The van der Waals surface area contributed by atoms with E-state index in [0.717, 1.165) is 18.5 Å². The van der Waals surface area contributed by atoms with Crippen LogP contribution in [0.1, 0.15) is 19.0 Å². The summed E-state index contributed by atoms with van der Waals surface area (Å²) in [6, 6.07) is 1.65. The van der Waals surface area contributed by atoms with Crippen molar-refractivity contribution in [2.45, 2.75) is 25.8 Å². The molecule has 0 fully saturated rings.